The van der Waals surface area contributed by atoms with E-state index in [0.29, 0.717) is 0 Å². The second-order valence-electron chi connectivity index (χ2n) is 3.83. The third kappa shape index (κ3) is 1.88. The van der Waals surface area contributed by atoms with E-state index in [4.69, 9.17) is 9.84 Å². The zero-order valence-corrected chi connectivity index (χ0v) is 8.72. The molecule has 17 heavy (non-hydrogen) atoms. The lowest BCUT2D eigenvalue weighted by Crippen LogP contribution is -2.55. The zero-order valence-electron chi connectivity index (χ0n) is 8.72. The van der Waals surface area contributed by atoms with Crippen LogP contribution in [0.15, 0.2) is 12.3 Å². The van der Waals surface area contributed by atoms with Crippen LogP contribution in [-0.2, 0) is 4.74 Å². The lowest BCUT2D eigenvalue weighted by Gasteiger charge is -2.32. The molecule has 2 heterocycles. The summed E-state index contributed by atoms with van der Waals surface area (Å²) in [6, 6.07) is -0.733. The van der Waals surface area contributed by atoms with E-state index in [1.54, 1.807) is 0 Å². The SMILES string of the molecule is O=C1NC=CCN1[C@@H]1O[C@H](CO)[C@@H](O)C1(F)F. The number of carbonyl (C=O) groups excluding carboxylic acids is 1. The van der Waals surface area contributed by atoms with E-state index in [1.807, 2.05) is 0 Å². The van der Waals surface area contributed by atoms with E-state index in [0.717, 1.165) is 4.90 Å². The van der Waals surface area contributed by atoms with Crippen LogP contribution >= 0.6 is 0 Å². The molecule has 2 aliphatic heterocycles. The van der Waals surface area contributed by atoms with Gasteiger partial charge >= 0.3 is 12.0 Å². The molecular formula is C9H12F2N2O4. The highest BCUT2D eigenvalue weighted by molar-refractivity contribution is 5.76. The molecule has 0 aromatic rings. The maximum Gasteiger partial charge on any atom is 0.323 e. The molecule has 1 saturated heterocycles. The smallest absolute Gasteiger partial charge is 0.323 e. The molecule has 0 aromatic carbocycles. The minimum Gasteiger partial charge on any atom is -0.394 e. The van der Waals surface area contributed by atoms with Crippen molar-refractivity contribution in [1.82, 2.24) is 10.2 Å². The lowest BCUT2D eigenvalue weighted by molar-refractivity contribution is -0.152. The van der Waals surface area contributed by atoms with E-state index in [1.165, 1.54) is 12.3 Å². The molecule has 2 rings (SSSR count). The lowest BCUT2D eigenvalue weighted by atomic mass is 10.1. The number of carbonyl (C=O) groups is 1. The molecular weight excluding hydrogens is 238 g/mol. The Hall–Kier alpha value is -1.25. The van der Waals surface area contributed by atoms with Crippen LogP contribution in [0.2, 0.25) is 0 Å². The van der Waals surface area contributed by atoms with Crippen molar-refractivity contribution in [3.63, 3.8) is 0 Å². The monoisotopic (exact) mass is 250 g/mol. The van der Waals surface area contributed by atoms with Crippen LogP contribution in [0.25, 0.3) is 0 Å². The molecule has 0 spiro atoms. The zero-order chi connectivity index (χ0) is 12.6. The summed E-state index contributed by atoms with van der Waals surface area (Å²) in [6.45, 7) is -0.782. The maximum absolute atomic E-state index is 13.7. The highest BCUT2D eigenvalue weighted by Gasteiger charge is 2.61. The van der Waals surface area contributed by atoms with Crippen molar-refractivity contribution in [3.05, 3.63) is 12.3 Å². The Kier molecular flexibility index (Phi) is 3.02. The number of nitrogens with zero attached hydrogens (tertiary/aromatic N) is 1. The van der Waals surface area contributed by atoms with Gasteiger partial charge in [-0.2, -0.15) is 8.78 Å². The van der Waals surface area contributed by atoms with Crippen molar-refractivity contribution in [1.29, 1.82) is 0 Å². The minimum absolute atomic E-state index is 0.0447. The molecule has 0 bridgehead atoms. The number of hydrogen-bond donors (Lipinski definition) is 3. The van der Waals surface area contributed by atoms with Crippen LogP contribution in [0.5, 0.6) is 0 Å². The molecule has 2 aliphatic rings. The van der Waals surface area contributed by atoms with Gasteiger partial charge < -0.3 is 20.3 Å². The molecule has 0 saturated carbocycles. The first kappa shape index (κ1) is 12.2. The topological polar surface area (TPSA) is 82.0 Å². The van der Waals surface area contributed by atoms with Gasteiger partial charge in [0, 0.05) is 12.7 Å². The number of rotatable bonds is 2. The second-order valence-corrected chi connectivity index (χ2v) is 3.83. The van der Waals surface area contributed by atoms with E-state index in [2.05, 4.69) is 5.32 Å². The molecule has 8 heteroatoms. The Bertz CT molecular complexity index is 350. The molecule has 3 N–H and O–H groups in total. The first-order valence-electron chi connectivity index (χ1n) is 5.03. The Morgan fingerprint density at radius 1 is 1.65 bits per heavy atom. The molecule has 96 valence electrons. The molecule has 2 amide bonds. The van der Waals surface area contributed by atoms with E-state index in [-0.39, 0.29) is 6.54 Å². The fourth-order valence-electron chi connectivity index (χ4n) is 1.81. The van der Waals surface area contributed by atoms with Gasteiger partial charge in [-0.05, 0) is 6.08 Å². The fourth-order valence-corrected chi connectivity index (χ4v) is 1.81. The summed E-state index contributed by atoms with van der Waals surface area (Å²) < 4.78 is 32.2. The van der Waals surface area contributed by atoms with Crippen LogP contribution < -0.4 is 5.32 Å². The normalized spacial score (nSPS) is 36.1. The Balaban J connectivity index is 2.21. The van der Waals surface area contributed by atoms with E-state index < -0.39 is 37.0 Å². The Labute approximate surface area is 95.5 Å². The molecule has 3 atom stereocenters. The molecule has 0 unspecified atom stereocenters. The summed E-state index contributed by atoms with van der Waals surface area (Å²) in [5.74, 6) is -3.62. The highest BCUT2D eigenvalue weighted by Crippen LogP contribution is 2.38. The van der Waals surface area contributed by atoms with Gasteiger partial charge in [0.15, 0.2) is 6.10 Å². The molecule has 1 fully saturated rings. The van der Waals surface area contributed by atoms with Gasteiger partial charge in [-0.1, -0.05) is 0 Å². The average molecular weight is 250 g/mol. The van der Waals surface area contributed by atoms with Gasteiger partial charge in [-0.3, -0.25) is 4.90 Å². The van der Waals surface area contributed by atoms with Crippen LogP contribution in [0, 0.1) is 0 Å². The molecule has 0 aliphatic carbocycles. The van der Waals surface area contributed by atoms with Crippen LogP contribution in [0.4, 0.5) is 13.6 Å². The van der Waals surface area contributed by atoms with E-state index >= 15 is 0 Å². The number of aliphatic hydroxyl groups excluding tert-OH is 2. The number of hydrogen-bond acceptors (Lipinski definition) is 4. The number of nitrogens with one attached hydrogen (secondary N) is 1. The van der Waals surface area contributed by atoms with Gasteiger partial charge in [0.2, 0.25) is 6.23 Å². The number of alkyl halides is 2. The van der Waals surface area contributed by atoms with Crippen molar-refractivity contribution in [2.45, 2.75) is 24.4 Å². The average Bonchev–Trinajstić information content (AvgIpc) is 2.52. The number of aliphatic hydroxyl groups is 2. The Morgan fingerprint density at radius 2 is 2.35 bits per heavy atom. The quantitative estimate of drug-likeness (QED) is 0.601. The predicted octanol–water partition coefficient (Wildman–Crippen LogP) is -0.761. The number of urea groups is 1. The van der Waals surface area contributed by atoms with Gasteiger partial charge in [0.1, 0.15) is 6.10 Å². The van der Waals surface area contributed by atoms with Crippen LogP contribution in [0.3, 0.4) is 0 Å². The van der Waals surface area contributed by atoms with Crippen molar-refractivity contribution in [2.24, 2.45) is 0 Å². The predicted molar refractivity (Wildman–Crippen MR) is 51.1 cm³/mol. The molecule has 6 nitrogen and oxygen atoms in total. The second kappa shape index (κ2) is 4.21. The first-order valence-corrected chi connectivity index (χ1v) is 5.03. The summed E-state index contributed by atoms with van der Waals surface area (Å²) in [6.07, 6.45) is -2.59. The van der Waals surface area contributed by atoms with Crippen molar-refractivity contribution >= 4 is 6.03 Å². The highest BCUT2D eigenvalue weighted by atomic mass is 19.3. The third-order valence-corrected chi connectivity index (χ3v) is 2.73. The molecule has 0 aromatic heterocycles. The number of ether oxygens (including phenoxy) is 1. The Morgan fingerprint density at radius 3 is 2.88 bits per heavy atom. The first-order chi connectivity index (χ1) is 7.98. The summed E-state index contributed by atoms with van der Waals surface area (Å²) in [4.78, 5) is 12.1. The van der Waals surface area contributed by atoms with Gasteiger partial charge in [-0.25, -0.2) is 4.79 Å². The van der Waals surface area contributed by atoms with Gasteiger partial charge in [0.25, 0.3) is 0 Å². The van der Waals surface area contributed by atoms with Gasteiger partial charge in [-0.15, -0.1) is 0 Å². The summed E-state index contributed by atoms with van der Waals surface area (Å²) in [5.41, 5.74) is 0. The van der Waals surface area contributed by atoms with Crippen LogP contribution in [0.1, 0.15) is 0 Å². The summed E-state index contributed by atoms with van der Waals surface area (Å²) in [5, 5.41) is 20.3. The third-order valence-electron chi connectivity index (χ3n) is 2.73. The minimum atomic E-state index is -3.62. The van der Waals surface area contributed by atoms with E-state index in [9.17, 15) is 18.7 Å². The van der Waals surface area contributed by atoms with Crippen LogP contribution in [-0.4, -0.2) is 58.7 Å². The standard InChI is InChI=1S/C9H12F2N2O4/c10-9(11)6(15)5(4-14)17-7(9)13-3-1-2-12-8(13)16/h1-2,5-7,14-15H,3-4H2,(H,12,16)/t5-,6-,7-/m1/s1. The van der Waals surface area contributed by atoms with Crippen molar-refractivity contribution < 1.29 is 28.5 Å². The molecule has 0 radical (unpaired) electrons. The summed E-state index contributed by atoms with van der Waals surface area (Å²) in [7, 11) is 0. The van der Waals surface area contributed by atoms with Crippen molar-refractivity contribution in [3.8, 4) is 0 Å². The number of amides is 2. The maximum atomic E-state index is 13.7. The van der Waals surface area contributed by atoms with Crippen molar-refractivity contribution in [2.75, 3.05) is 13.2 Å². The van der Waals surface area contributed by atoms with Gasteiger partial charge in [0.05, 0.1) is 6.61 Å². The summed E-state index contributed by atoms with van der Waals surface area (Å²) >= 11 is 0. The fraction of sp³-hybridized carbons (Fsp3) is 0.667. The number of halogens is 2. The largest absolute Gasteiger partial charge is 0.394 e.